The Morgan fingerprint density at radius 1 is 1.36 bits per heavy atom. The number of aromatic nitrogens is 3. The van der Waals surface area contributed by atoms with Crippen molar-refractivity contribution >= 4 is 11.0 Å². The zero-order valence-electron chi connectivity index (χ0n) is 12.5. The molecule has 0 aliphatic rings. The highest BCUT2D eigenvalue weighted by atomic mass is 19.1. The minimum absolute atomic E-state index is 0.0452. The number of hydrogen-bond donors (Lipinski definition) is 0. The monoisotopic (exact) mass is 297 g/mol. The topological polar surface area (TPSA) is 39.9 Å². The molecular formula is C17H16FN3O. The minimum atomic E-state index is -0.740. The molecule has 0 aliphatic heterocycles. The molecule has 0 N–H and O–H groups in total. The molecule has 3 rings (SSSR count). The van der Waals surface area contributed by atoms with Gasteiger partial charge >= 0.3 is 0 Å². The van der Waals surface area contributed by atoms with Crippen molar-refractivity contribution in [3.63, 3.8) is 0 Å². The maximum Gasteiger partial charge on any atom is 0.156 e. The summed E-state index contributed by atoms with van der Waals surface area (Å²) in [5, 5.41) is 0. The summed E-state index contributed by atoms with van der Waals surface area (Å²) in [5.74, 6) is 1.23. The van der Waals surface area contributed by atoms with Crippen LogP contribution in [0, 0.1) is 6.92 Å². The third-order valence-electron chi connectivity index (χ3n) is 3.47. The Bertz CT molecular complexity index is 854. The first-order valence-corrected chi connectivity index (χ1v) is 6.89. The molecule has 0 unspecified atom stereocenters. The van der Waals surface area contributed by atoms with Gasteiger partial charge in [0.15, 0.2) is 5.75 Å². The van der Waals surface area contributed by atoms with Gasteiger partial charge in [-0.1, -0.05) is 12.6 Å². The van der Waals surface area contributed by atoms with Crippen molar-refractivity contribution in [2.45, 2.75) is 6.92 Å². The lowest BCUT2D eigenvalue weighted by atomic mass is 10.2. The lowest BCUT2D eigenvalue weighted by Gasteiger charge is -2.10. The SMILES string of the molecule is C=C(CF)Oc1cnccc1-c1nc2cc(C)ccc2n1C. The molecule has 0 aliphatic carbocycles. The molecule has 22 heavy (non-hydrogen) atoms. The highest BCUT2D eigenvalue weighted by Crippen LogP contribution is 2.31. The summed E-state index contributed by atoms with van der Waals surface area (Å²) >= 11 is 0. The number of fused-ring (bicyclic) bond motifs is 1. The summed E-state index contributed by atoms with van der Waals surface area (Å²) in [7, 11) is 1.94. The van der Waals surface area contributed by atoms with Crippen molar-refractivity contribution in [2.24, 2.45) is 7.05 Å². The minimum Gasteiger partial charge on any atom is -0.457 e. The molecule has 0 atom stereocenters. The summed E-state index contributed by atoms with van der Waals surface area (Å²) < 4.78 is 20.1. The van der Waals surface area contributed by atoms with Crippen molar-refractivity contribution in [3.8, 4) is 17.1 Å². The van der Waals surface area contributed by atoms with Crippen LogP contribution < -0.4 is 4.74 Å². The number of imidazole rings is 1. The van der Waals surface area contributed by atoms with Crippen molar-refractivity contribution in [3.05, 3.63) is 54.6 Å². The predicted molar refractivity (Wildman–Crippen MR) is 84.4 cm³/mol. The van der Waals surface area contributed by atoms with Gasteiger partial charge in [-0.25, -0.2) is 9.37 Å². The number of aryl methyl sites for hydroxylation is 2. The van der Waals surface area contributed by atoms with E-state index in [9.17, 15) is 4.39 Å². The Balaban J connectivity index is 2.15. The van der Waals surface area contributed by atoms with Crippen LogP contribution in [0.5, 0.6) is 5.75 Å². The zero-order chi connectivity index (χ0) is 15.7. The molecular weight excluding hydrogens is 281 g/mol. The van der Waals surface area contributed by atoms with Crippen molar-refractivity contribution < 1.29 is 9.13 Å². The quantitative estimate of drug-likeness (QED) is 0.688. The van der Waals surface area contributed by atoms with Crippen LogP contribution in [0.3, 0.4) is 0 Å². The summed E-state index contributed by atoms with van der Waals surface area (Å²) in [6.45, 7) is 4.82. The largest absolute Gasteiger partial charge is 0.457 e. The lowest BCUT2D eigenvalue weighted by Crippen LogP contribution is -2.00. The fourth-order valence-corrected chi connectivity index (χ4v) is 2.38. The van der Waals surface area contributed by atoms with Crippen molar-refractivity contribution in [1.82, 2.24) is 14.5 Å². The van der Waals surface area contributed by atoms with E-state index >= 15 is 0 Å². The van der Waals surface area contributed by atoms with Gasteiger partial charge in [-0.05, 0) is 30.7 Å². The first-order valence-electron chi connectivity index (χ1n) is 6.89. The maximum absolute atomic E-state index is 12.6. The van der Waals surface area contributed by atoms with Gasteiger partial charge in [-0.2, -0.15) is 0 Å². The van der Waals surface area contributed by atoms with E-state index in [1.165, 1.54) is 0 Å². The first-order chi connectivity index (χ1) is 10.6. The molecule has 0 saturated heterocycles. The fraction of sp³-hybridized carbons (Fsp3) is 0.176. The van der Waals surface area contributed by atoms with Gasteiger partial charge in [0.25, 0.3) is 0 Å². The molecule has 2 heterocycles. The van der Waals surface area contributed by atoms with E-state index in [0.29, 0.717) is 5.75 Å². The van der Waals surface area contributed by atoms with Crippen LogP contribution in [0.25, 0.3) is 22.4 Å². The second kappa shape index (κ2) is 5.60. The normalized spacial score (nSPS) is 10.9. The number of allylic oxidation sites excluding steroid dienone is 1. The number of halogens is 1. The third kappa shape index (κ3) is 2.45. The van der Waals surface area contributed by atoms with Gasteiger partial charge in [0.1, 0.15) is 18.3 Å². The molecule has 0 fully saturated rings. The highest BCUT2D eigenvalue weighted by Gasteiger charge is 2.15. The summed E-state index contributed by atoms with van der Waals surface area (Å²) in [6.07, 6.45) is 3.20. The van der Waals surface area contributed by atoms with Gasteiger partial charge in [0.2, 0.25) is 0 Å². The van der Waals surface area contributed by atoms with E-state index in [2.05, 4.69) is 16.5 Å². The van der Waals surface area contributed by atoms with Crippen LogP contribution in [-0.2, 0) is 7.05 Å². The van der Waals surface area contributed by atoms with Crippen molar-refractivity contribution in [2.75, 3.05) is 6.67 Å². The summed E-state index contributed by atoms with van der Waals surface area (Å²) in [5.41, 5.74) is 3.83. The van der Waals surface area contributed by atoms with E-state index in [1.54, 1.807) is 18.5 Å². The number of nitrogens with zero attached hydrogens (tertiary/aromatic N) is 3. The second-order valence-corrected chi connectivity index (χ2v) is 5.13. The van der Waals surface area contributed by atoms with Crippen molar-refractivity contribution in [1.29, 1.82) is 0 Å². The van der Waals surface area contributed by atoms with E-state index in [1.807, 2.05) is 36.7 Å². The van der Waals surface area contributed by atoms with Gasteiger partial charge in [-0.15, -0.1) is 0 Å². The van der Waals surface area contributed by atoms with Gasteiger partial charge in [0.05, 0.1) is 22.8 Å². The van der Waals surface area contributed by atoms with Crippen LogP contribution >= 0.6 is 0 Å². The van der Waals surface area contributed by atoms with E-state index in [0.717, 1.165) is 28.0 Å². The zero-order valence-corrected chi connectivity index (χ0v) is 12.5. The first kappa shape index (κ1) is 14.3. The third-order valence-corrected chi connectivity index (χ3v) is 3.47. The standard InChI is InChI=1S/C17H16FN3O/c1-11-4-5-15-14(8-11)20-17(21(15)3)13-6-7-19-10-16(13)22-12(2)9-18/h4-8,10H,2,9H2,1,3H3. The summed E-state index contributed by atoms with van der Waals surface area (Å²) in [4.78, 5) is 8.70. The number of benzene rings is 1. The molecule has 0 bridgehead atoms. The molecule has 1 aromatic carbocycles. The molecule has 5 heteroatoms. The molecule has 112 valence electrons. The molecule has 2 aromatic heterocycles. The number of pyridine rings is 1. The molecule has 0 amide bonds. The Labute approximate surface area is 127 Å². The van der Waals surface area contributed by atoms with E-state index in [4.69, 9.17) is 4.74 Å². The number of ether oxygens (including phenoxy) is 1. The van der Waals surface area contributed by atoms with Gasteiger partial charge in [0, 0.05) is 13.2 Å². The number of rotatable bonds is 4. The van der Waals surface area contributed by atoms with Crippen LogP contribution in [0.15, 0.2) is 49.0 Å². The van der Waals surface area contributed by atoms with E-state index < -0.39 is 6.67 Å². The smallest absolute Gasteiger partial charge is 0.156 e. The van der Waals surface area contributed by atoms with Crippen LogP contribution in [0.2, 0.25) is 0 Å². The molecule has 4 nitrogen and oxygen atoms in total. The lowest BCUT2D eigenvalue weighted by molar-refractivity contribution is 0.361. The Hall–Kier alpha value is -2.69. The maximum atomic E-state index is 12.6. The van der Waals surface area contributed by atoms with Gasteiger partial charge < -0.3 is 9.30 Å². The highest BCUT2D eigenvalue weighted by molar-refractivity contribution is 5.82. The van der Waals surface area contributed by atoms with Gasteiger partial charge in [-0.3, -0.25) is 4.98 Å². The Morgan fingerprint density at radius 3 is 2.95 bits per heavy atom. The number of hydrogen-bond acceptors (Lipinski definition) is 3. The molecule has 0 spiro atoms. The predicted octanol–water partition coefficient (Wildman–Crippen LogP) is 3.81. The summed E-state index contributed by atoms with van der Waals surface area (Å²) in [6, 6.07) is 7.90. The number of alkyl halides is 1. The molecule has 0 saturated carbocycles. The molecule has 3 aromatic rings. The average molecular weight is 297 g/mol. The Morgan fingerprint density at radius 2 is 2.18 bits per heavy atom. The fourth-order valence-electron chi connectivity index (χ4n) is 2.38. The van der Waals surface area contributed by atoms with Crippen LogP contribution in [0.4, 0.5) is 4.39 Å². The molecule has 0 radical (unpaired) electrons. The average Bonchev–Trinajstić information content (AvgIpc) is 2.84. The Kier molecular flexibility index (Phi) is 3.63. The van der Waals surface area contributed by atoms with Crippen LogP contribution in [-0.4, -0.2) is 21.2 Å². The second-order valence-electron chi connectivity index (χ2n) is 5.13. The van der Waals surface area contributed by atoms with E-state index in [-0.39, 0.29) is 5.76 Å². The van der Waals surface area contributed by atoms with Crippen LogP contribution in [0.1, 0.15) is 5.56 Å².